The molecule has 0 aliphatic heterocycles. The Bertz CT molecular complexity index is 124. The van der Waals surface area contributed by atoms with E-state index in [1.165, 1.54) is 0 Å². The van der Waals surface area contributed by atoms with Gasteiger partial charge in [0.1, 0.15) is 6.61 Å². The van der Waals surface area contributed by atoms with Crippen molar-refractivity contribution >= 4 is 5.91 Å². The summed E-state index contributed by atoms with van der Waals surface area (Å²) in [7, 11) is 0. The number of rotatable bonds is 4. The van der Waals surface area contributed by atoms with Crippen molar-refractivity contribution in [3.05, 3.63) is 0 Å². The fourth-order valence-electron chi connectivity index (χ4n) is 0.948. The fourth-order valence-corrected chi connectivity index (χ4v) is 0.948. The topological polar surface area (TPSA) is 40.5 Å². The molecule has 0 aliphatic carbocycles. The highest BCUT2D eigenvalue weighted by molar-refractivity contribution is 5.77. The number of likely N-dealkylation sites (N-methyl/N-ethyl adjacent to an activating group) is 1. The number of hydrogen-bond donors (Lipinski definition) is 1. The van der Waals surface area contributed by atoms with E-state index in [1.807, 2.05) is 34.6 Å². The normalized spacial score (nSPS) is 9.15. The Kier molecular flexibility index (Phi) is 10.9. The highest BCUT2D eigenvalue weighted by atomic mass is 16.3. The molecular formula is C10H23NO2. The summed E-state index contributed by atoms with van der Waals surface area (Å²) < 4.78 is 0. The van der Waals surface area contributed by atoms with Gasteiger partial charge in [0.15, 0.2) is 0 Å². The lowest BCUT2D eigenvalue weighted by molar-refractivity contribution is -0.134. The van der Waals surface area contributed by atoms with Gasteiger partial charge in [-0.25, -0.2) is 0 Å². The summed E-state index contributed by atoms with van der Waals surface area (Å²) in [6, 6.07) is 0. The smallest absolute Gasteiger partial charge is 0.248 e. The molecule has 0 bridgehead atoms. The summed E-state index contributed by atoms with van der Waals surface area (Å²) in [6.07, 6.45) is 0. The standard InChI is InChI=1S/C8H17NO2.C2H6/c1-4-9(5-7(2)3)8(11)6-10;1-2/h7,10H,4-6H2,1-3H3;1-2H3. The molecule has 0 unspecified atom stereocenters. The molecule has 0 spiro atoms. The van der Waals surface area contributed by atoms with E-state index in [4.69, 9.17) is 5.11 Å². The van der Waals surface area contributed by atoms with Crippen LogP contribution in [0.1, 0.15) is 34.6 Å². The van der Waals surface area contributed by atoms with Crippen LogP contribution in [-0.4, -0.2) is 35.6 Å². The zero-order chi connectivity index (χ0) is 10.9. The Balaban J connectivity index is 0. The first-order valence-corrected chi connectivity index (χ1v) is 5.00. The van der Waals surface area contributed by atoms with Crippen LogP contribution in [0.4, 0.5) is 0 Å². The second kappa shape index (κ2) is 9.52. The van der Waals surface area contributed by atoms with Crippen molar-refractivity contribution in [2.45, 2.75) is 34.6 Å². The van der Waals surface area contributed by atoms with Gasteiger partial charge in [-0.3, -0.25) is 4.79 Å². The van der Waals surface area contributed by atoms with Gasteiger partial charge in [0, 0.05) is 13.1 Å². The first kappa shape index (κ1) is 14.9. The van der Waals surface area contributed by atoms with E-state index in [-0.39, 0.29) is 12.5 Å². The zero-order valence-electron chi connectivity index (χ0n) is 9.50. The predicted octanol–water partition coefficient (Wildman–Crippen LogP) is 1.51. The monoisotopic (exact) mass is 189 g/mol. The van der Waals surface area contributed by atoms with E-state index in [9.17, 15) is 4.79 Å². The molecule has 0 fully saturated rings. The molecule has 0 aromatic carbocycles. The quantitative estimate of drug-likeness (QED) is 0.728. The minimum absolute atomic E-state index is 0.179. The SMILES string of the molecule is CC.CCN(CC(C)C)C(=O)CO. The Morgan fingerprint density at radius 1 is 1.38 bits per heavy atom. The van der Waals surface area contributed by atoms with Crippen molar-refractivity contribution in [2.75, 3.05) is 19.7 Å². The lowest BCUT2D eigenvalue weighted by Crippen LogP contribution is -2.35. The summed E-state index contributed by atoms with van der Waals surface area (Å²) in [4.78, 5) is 12.6. The van der Waals surface area contributed by atoms with Crippen LogP contribution in [-0.2, 0) is 4.79 Å². The van der Waals surface area contributed by atoms with Crippen LogP contribution in [0.25, 0.3) is 0 Å². The number of carbonyl (C=O) groups is 1. The maximum absolute atomic E-state index is 11.0. The Hall–Kier alpha value is -0.570. The maximum atomic E-state index is 11.0. The third-order valence-corrected chi connectivity index (χ3v) is 1.46. The molecule has 0 saturated heterocycles. The average Bonchev–Trinajstić information content (AvgIpc) is 2.16. The molecule has 0 aliphatic rings. The molecule has 1 amide bonds. The highest BCUT2D eigenvalue weighted by Gasteiger charge is 2.10. The first-order chi connectivity index (χ1) is 6.11. The Morgan fingerprint density at radius 3 is 2.08 bits per heavy atom. The number of nitrogens with zero attached hydrogens (tertiary/aromatic N) is 1. The average molecular weight is 189 g/mol. The van der Waals surface area contributed by atoms with Crippen LogP contribution in [0.3, 0.4) is 0 Å². The summed E-state index contributed by atoms with van der Waals surface area (Å²) in [5.41, 5.74) is 0. The maximum Gasteiger partial charge on any atom is 0.248 e. The van der Waals surface area contributed by atoms with Crippen molar-refractivity contribution in [2.24, 2.45) is 5.92 Å². The lowest BCUT2D eigenvalue weighted by Gasteiger charge is -2.21. The van der Waals surface area contributed by atoms with Crippen LogP contribution in [0, 0.1) is 5.92 Å². The van der Waals surface area contributed by atoms with Crippen LogP contribution < -0.4 is 0 Å². The Labute approximate surface area is 81.7 Å². The first-order valence-electron chi connectivity index (χ1n) is 5.00. The molecule has 0 aromatic heterocycles. The molecule has 0 saturated carbocycles. The third kappa shape index (κ3) is 7.78. The summed E-state index contributed by atoms with van der Waals surface area (Å²) in [6.45, 7) is 11.0. The molecule has 13 heavy (non-hydrogen) atoms. The minimum atomic E-state index is -0.374. The zero-order valence-corrected chi connectivity index (χ0v) is 9.50. The second-order valence-electron chi connectivity index (χ2n) is 2.98. The van der Waals surface area contributed by atoms with Gasteiger partial charge in [0.2, 0.25) is 5.91 Å². The third-order valence-electron chi connectivity index (χ3n) is 1.46. The van der Waals surface area contributed by atoms with E-state index in [1.54, 1.807) is 4.90 Å². The molecule has 0 radical (unpaired) electrons. The summed E-state index contributed by atoms with van der Waals surface area (Å²) in [5, 5.41) is 8.56. The van der Waals surface area contributed by atoms with Gasteiger partial charge in [-0.15, -0.1) is 0 Å². The van der Waals surface area contributed by atoms with Gasteiger partial charge in [0.05, 0.1) is 0 Å². The minimum Gasteiger partial charge on any atom is -0.387 e. The molecule has 0 heterocycles. The van der Waals surface area contributed by atoms with E-state index in [0.717, 1.165) is 6.54 Å². The van der Waals surface area contributed by atoms with Crippen molar-refractivity contribution in [1.29, 1.82) is 0 Å². The van der Waals surface area contributed by atoms with Crippen LogP contribution >= 0.6 is 0 Å². The van der Waals surface area contributed by atoms with E-state index < -0.39 is 0 Å². The molecular weight excluding hydrogens is 166 g/mol. The van der Waals surface area contributed by atoms with Crippen molar-refractivity contribution in [3.63, 3.8) is 0 Å². The summed E-state index contributed by atoms with van der Waals surface area (Å²) >= 11 is 0. The highest BCUT2D eigenvalue weighted by Crippen LogP contribution is 1.97. The van der Waals surface area contributed by atoms with E-state index in [2.05, 4.69) is 0 Å². The van der Waals surface area contributed by atoms with E-state index >= 15 is 0 Å². The fraction of sp³-hybridized carbons (Fsp3) is 0.900. The van der Waals surface area contributed by atoms with E-state index in [0.29, 0.717) is 12.5 Å². The molecule has 0 rings (SSSR count). The van der Waals surface area contributed by atoms with Crippen LogP contribution in [0.2, 0.25) is 0 Å². The van der Waals surface area contributed by atoms with Gasteiger partial charge >= 0.3 is 0 Å². The van der Waals surface area contributed by atoms with Crippen molar-refractivity contribution in [1.82, 2.24) is 4.90 Å². The van der Waals surface area contributed by atoms with Gasteiger partial charge in [-0.2, -0.15) is 0 Å². The number of aliphatic hydroxyl groups excluding tert-OH is 1. The van der Waals surface area contributed by atoms with Gasteiger partial charge in [-0.1, -0.05) is 27.7 Å². The van der Waals surface area contributed by atoms with Crippen molar-refractivity contribution < 1.29 is 9.90 Å². The molecule has 0 aromatic rings. The molecule has 3 heteroatoms. The van der Waals surface area contributed by atoms with Gasteiger partial charge in [-0.05, 0) is 12.8 Å². The predicted molar refractivity (Wildman–Crippen MR) is 55.5 cm³/mol. The largest absolute Gasteiger partial charge is 0.387 e. The van der Waals surface area contributed by atoms with Gasteiger partial charge < -0.3 is 10.0 Å². The summed E-state index contributed by atoms with van der Waals surface area (Å²) in [5.74, 6) is 0.284. The number of carbonyl (C=O) groups excluding carboxylic acids is 1. The molecule has 1 N–H and O–H groups in total. The second-order valence-corrected chi connectivity index (χ2v) is 2.98. The van der Waals surface area contributed by atoms with Crippen molar-refractivity contribution in [3.8, 4) is 0 Å². The van der Waals surface area contributed by atoms with Crippen LogP contribution in [0.15, 0.2) is 0 Å². The number of hydrogen-bond acceptors (Lipinski definition) is 2. The molecule has 80 valence electrons. The van der Waals surface area contributed by atoms with Gasteiger partial charge in [0.25, 0.3) is 0 Å². The molecule has 3 nitrogen and oxygen atoms in total. The molecule has 0 atom stereocenters. The van der Waals surface area contributed by atoms with Crippen LogP contribution in [0.5, 0.6) is 0 Å². The lowest BCUT2D eigenvalue weighted by atomic mass is 10.2. The Morgan fingerprint density at radius 2 is 1.85 bits per heavy atom. The number of aliphatic hydroxyl groups is 1. The number of amides is 1.